The molecule has 1 aliphatic rings. The summed E-state index contributed by atoms with van der Waals surface area (Å²) in [5, 5.41) is 4.92. The van der Waals surface area contributed by atoms with Crippen LogP contribution in [0.25, 0.3) is 60.5 Å². The van der Waals surface area contributed by atoms with E-state index in [-0.39, 0.29) is 0 Å². The van der Waals surface area contributed by atoms with E-state index >= 15 is 0 Å². The van der Waals surface area contributed by atoms with Crippen LogP contribution in [0.2, 0.25) is 0 Å². The third kappa shape index (κ3) is 5.43. The molecule has 0 N–H and O–H groups in total. The Morgan fingerprint density at radius 2 is 0.902 bits per heavy atom. The maximum absolute atomic E-state index is 2.47. The smallest absolute Gasteiger partial charge is 0.0715 e. The molecule has 0 radical (unpaired) electrons. The van der Waals surface area contributed by atoms with E-state index in [2.05, 4.69) is 252 Å². The molecule has 0 aliphatic heterocycles. The van der Waals surface area contributed by atoms with Crippen molar-refractivity contribution in [1.29, 1.82) is 0 Å². The molecule has 11 aromatic rings. The molecule has 286 valence electrons. The van der Waals surface area contributed by atoms with Crippen molar-refractivity contribution in [2.45, 2.75) is 5.41 Å². The Morgan fingerprint density at radius 3 is 1.69 bits per heavy atom. The highest BCUT2D eigenvalue weighted by Crippen LogP contribution is 2.57. The van der Waals surface area contributed by atoms with E-state index in [1.807, 2.05) is 0 Å². The van der Waals surface area contributed by atoms with Crippen LogP contribution in [-0.2, 0) is 5.41 Å². The van der Waals surface area contributed by atoms with Crippen molar-refractivity contribution in [1.82, 2.24) is 4.57 Å². The molecule has 1 heterocycles. The van der Waals surface area contributed by atoms with E-state index in [1.165, 1.54) is 77.1 Å². The highest BCUT2D eigenvalue weighted by molar-refractivity contribution is 6.09. The van der Waals surface area contributed by atoms with Gasteiger partial charge < -0.3 is 9.47 Å². The molecule has 12 rings (SSSR count). The summed E-state index contributed by atoms with van der Waals surface area (Å²) in [6.45, 7) is 0. The summed E-state index contributed by atoms with van der Waals surface area (Å²) in [4.78, 5) is 2.45. The Balaban J connectivity index is 1.13. The van der Waals surface area contributed by atoms with Gasteiger partial charge in [0.15, 0.2) is 0 Å². The number of fused-ring (bicyclic) bond motifs is 7. The second-order valence-corrected chi connectivity index (χ2v) is 16.1. The lowest BCUT2D eigenvalue weighted by atomic mass is 9.67. The van der Waals surface area contributed by atoms with E-state index < -0.39 is 5.41 Å². The van der Waals surface area contributed by atoms with Crippen LogP contribution in [0.3, 0.4) is 0 Å². The molecule has 1 unspecified atom stereocenters. The first-order chi connectivity index (χ1) is 30.3. The molecule has 0 bridgehead atoms. The third-order valence-corrected chi connectivity index (χ3v) is 12.8. The number of nitrogens with zero attached hydrogens (tertiary/aromatic N) is 2. The summed E-state index contributed by atoms with van der Waals surface area (Å²) in [7, 11) is 0. The monoisotopic (exact) mass is 776 g/mol. The van der Waals surface area contributed by atoms with Gasteiger partial charge >= 0.3 is 0 Å². The van der Waals surface area contributed by atoms with Crippen LogP contribution in [-0.4, -0.2) is 4.57 Å². The largest absolute Gasteiger partial charge is 0.310 e. The van der Waals surface area contributed by atoms with Gasteiger partial charge in [-0.05, 0) is 104 Å². The van der Waals surface area contributed by atoms with Crippen LogP contribution in [0.4, 0.5) is 17.1 Å². The van der Waals surface area contributed by atoms with Gasteiger partial charge in [-0.2, -0.15) is 0 Å². The summed E-state index contributed by atoms with van der Waals surface area (Å²) in [5.74, 6) is 0. The minimum Gasteiger partial charge on any atom is -0.310 e. The average molecular weight is 777 g/mol. The van der Waals surface area contributed by atoms with Crippen molar-refractivity contribution in [2.24, 2.45) is 0 Å². The van der Waals surface area contributed by atoms with Gasteiger partial charge in [0.05, 0.1) is 22.1 Å². The Kier molecular flexibility index (Phi) is 8.11. The molecule has 0 fully saturated rings. The van der Waals surface area contributed by atoms with Gasteiger partial charge in [-0.1, -0.05) is 188 Å². The first-order valence-electron chi connectivity index (χ1n) is 21.1. The first-order valence-corrected chi connectivity index (χ1v) is 21.1. The average Bonchev–Trinajstić information content (AvgIpc) is 3.83. The van der Waals surface area contributed by atoms with Crippen molar-refractivity contribution in [3.05, 3.63) is 265 Å². The minimum absolute atomic E-state index is 0.617. The number of hydrogen-bond acceptors (Lipinski definition) is 1. The summed E-state index contributed by atoms with van der Waals surface area (Å²) >= 11 is 0. The van der Waals surface area contributed by atoms with E-state index in [0.717, 1.165) is 22.7 Å². The molecule has 0 saturated heterocycles. The Labute approximate surface area is 355 Å². The third-order valence-electron chi connectivity index (χ3n) is 12.8. The Morgan fingerprint density at radius 1 is 0.344 bits per heavy atom. The number of rotatable bonds is 7. The van der Waals surface area contributed by atoms with E-state index in [9.17, 15) is 0 Å². The summed E-state index contributed by atoms with van der Waals surface area (Å²) in [5.41, 5.74) is 16.2. The molecule has 0 spiro atoms. The highest BCUT2D eigenvalue weighted by atomic mass is 15.1. The molecule has 2 heteroatoms. The van der Waals surface area contributed by atoms with Crippen LogP contribution in [0.1, 0.15) is 22.3 Å². The molecule has 0 amide bonds. The predicted molar refractivity (Wildman–Crippen MR) is 256 cm³/mol. The molecule has 10 aromatic carbocycles. The number of hydrogen-bond donors (Lipinski definition) is 0. The zero-order valence-corrected chi connectivity index (χ0v) is 33.5. The fourth-order valence-corrected chi connectivity index (χ4v) is 10.2. The van der Waals surface area contributed by atoms with Gasteiger partial charge in [0.2, 0.25) is 0 Å². The molecule has 1 aromatic heterocycles. The molecule has 1 atom stereocenters. The number of para-hydroxylation sites is 2. The SMILES string of the molecule is c1ccc(-c2cccc(N(c3cccc(C4(c5ccccc5)c5ccccc5-c5ccc(-n6c7ccccc7c7ccccc76)cc54)c3)c3cccc4ccccc34)c2)cc1. The predicted octanol–water partition coefficient (Wildman–Crippen LogP) is 15.4. The van der Waals surface area contributed by atoms with Crippen LogP contribution in [0, 0.1) is 0 Å². The number of benzene rings is 10. The van der Waals surface area contributed by atoms with Gasteiger partial charge in [-0.3, -0.25) is 0 Å². The van der Waals surface area contributed by atoms with Gasteiger partial charge in [-0.25, -0.2) is 0 Å². The topological polar surface area (TPSA) is 8.17 Å². The van der Waals surface area contributed by atoms with Crippen molar-refractivity contribution in [2.75, 3.05) is 4.90 Å². The Bertz CT molecular complexity index is 3380. The number of anilines is 3. The zero-order chi connectivity index (χ0) is 40.3. The van der Waals surface area contributed by atoms with Gasteiger partial charge in [0.25, 0.3) is 0 Å². The molecule has 61 heavy (non-hydrogen) atoms. The first kappa shape index (κ1) is 35.0. The van der Waals surface area contributed by atoms with Gasteiger partial charge in [0.1, 0.15) is 0 Å². The van der Waals surface area contributed by atoms with Gasteiger partial charge in [0, 0.05) is 33.2 Å². The van der Waals surface area contributed by atoms with Crippen LogP contribution in [0.5, 0.6) is 0 Å². The molecular weight excluding hydrogens is 737 g/mol. The summed E-state index contributed by atoms with van der Waals surface area (Å²) in [6, 6.07) is 89.2. The van der Waals surface area contributed by atoms with E-state index in [4.69, 9.17) is 0 Å². The zero-order valence-electron chi connectivity index (χ0n) is 33.5. The second-order valence-electron chi connectivity index (χ2n) is 16.1. The minimum atomic E-state index is -0.617. The van der Waals surface area contributed by atoms with Crippen LogP contribution >= 0.6 is 0 Å². The standard InChI is InChI=1S/C59H40N2/c1-3-18-41(19-4-1)43-22-15-26-46(38-43)60(56-35-16-21-42-20-7-8-28-49(42)56)47-27-17-25-45(39-47)59(44-23-5-2-6-24-44)54-32-12-9-29-50(54)51-37-36-48(40-55(51)59)61-57-33-13-10-30-52(57)53-31-11-14-34-58(53)61/h1-40H. The molecule has 1 aliphatic carbocycles. The van der Waals surface area contributed by atoms with Crippen molar-refractivity contribution in [3.8, 4) is 27.9 Å². The lowest BCUT2D eigenvalue weighted by Crippen LogP contribution is -2.29. The maximum atomic E-state index is 2.47. The fraction of sp³-hybridized carbons (Fsp3) is 0.0169. The van der Waals surface area contributed by atoms with Gasteiger partial charge in [-0.15, -0.1) is 0 Å². The quantitative estimate of drug-likeness (QED) is 0.156. The van der Waals surface area contributed by atoms with Crippen molar-refractivity contribution in [3.63, 3.8) is 0 Å². The van der Waals surface area contributed by atoms with Crippen molar-refractivity contribution >= 4 is 49.6 Å². The molecule has 0 saturated carbocycles. The lowest BCUT2D eigenvalue weighted by Gasteiger charge is -2.35. The Hall–Kier alpha value is -7.94. The molecular formula is C59H40N2. The van der Waals surface area contributed by atoms with Crippen LogP contribution in [0.15, 0.2) is 243 Å². The fourth-order valence-electron chi connectivity index (χ4n) is 10.2. The normalized spacial score (nSPS) is 14.3. The summed E-state index contributed by atoms with van der Waals surface area (Å²) < 4.78 is 2.45. The summed E-state index contributed by atoms with van der Waals surface area (Å²) in [6.07, 6.45) is 0. The van der Waals surface area contributed by atoms with Crippen molar-refractivity contribution < 1.29 is 0 Å². The lowest BCUT2D eigenvalue weighted by molar-refractivity contribution is 0.767. The van der Waals surface area contributed by atoms with E-state index in [1.54, 1.807) is 0 Å². The number of aromatic nitrogens is 1. The maximum Gasteiger partial charge on any atom is 0.0715 e. The van der Waals surface area contributed by atoms with Crippen LogP contribution < -0.4 is 4.90 Å². The second kappa shape index (κ2) is 14.1. The van der Waals surface area contributed by atoms with E-state index in [0.29, 0.717) is 0 Å². The molecule has 2 nitrogen and oxygen atoms in total. The highest BCUT2D eigenvalue weighted by Gasteiger charge is 2.46.